The largest absolute Gasteiger partial charge is 0.491 e. The van der Waals surface area contributed by atoms with Crippen LogP contribution in [0, 0.1) is 0 Å². The van der Waals surface area contributed by atoms with Crippen LogP contribution in [0.4, 0.5) is 0 Å². The van der Waals surface area contributed by atoms with Crippen LogP contribution in [-0.4, -0.2) is 61.6 Å². The van der Waals surface area contributed by atoms with E-state index in [0.29, 0.717) is 24.6 Å². The zero-order chi connectivity index (χ0) is 15.1. The molecule has 0 bridgehead atoms. The van der Waals surface area contributed by atoms with Gasteiger partial charge in [-0.2, -0.15) is 0 Å². The Hall–Kier alpha value is -0.720. The lowest BCUT2D eigenvalue weighted by Gasteiger charge is -2.34. The van der Waals surface area contributed by atoms with E-state index in [9.17, 15) is 4.79 Å². The number of hydrogen-bond acceptors (Lipinski definition) is 4. The van der Waals surface area contributed by atoms with Gasteiger partial charge in [0.1, 0.15) is 12.4 Å². The smallest absolute Gasteiger partial charge is 0.223 e. The summed E-state index contributed by atoms with van der Waals surface area (Å²) in [7, 11) is 0. The van der Waals surface area contributed by atoms with Crippen LogP contribution in [-0.2, 0) is 4.79 Å². The first-order chi connectivity index (χ1) is 10.2. The Labute approximate surface area is 154 Å². The molecule has 1 aromatic carbocycles. The summed E-state index contributed by atoms with van der Waals surface area (Å²) in [5, 5.41) is 0.634. The van der Waals surface area contributed by atoms with E-state index >= 15 is 0 Å². The first kappa shape index (κ1) is 22.3. The van der Waals surface area contributed by atoms with E-state index in [2.05, 4.69) is 4.90 Å². The average Bonchev–Trinajstić information content (AvgIpc) is 2.50. The maximum Gasteiger partial charge on any atom is 0.223 e. The van der Waals surface area contributed by atoms with Crippen molar-refractivity contribution in [3.8, 4) is 5.75 Å². The van der Waals surface area contributed by atoms with Gasteiger partial charge >= 0.3 is 0 Å². The molecule has 1 aliphatic rings. The Balaban J connectivity index is 0.00000242. The minimum Gasteiger partial charge on any atom is -0.491 e. The van der Waals surface area contributed by atoms with Crippen LogP contribution < -0.4 is 10.5 Å². The SMILES string of the molecule is Cl.Cl.NCCC(=O)N1CCN(CCOc2ccccc2Cl)CC1. The number of piperazine rings is 1. The molecule has 0 spiro atoms. The molecule has 8 heteroatoms. The third-order valence-corrected chi connectivity index (χ3v) is 3.90. The van der Waals surface area contributed by atoms with Crippen LogP contribution in [0.1, 0.15) is 6.42 Å². The molecule has 1 aliphatic heterocycles. The van der Waals surface area contributed by atoms with E-state index in [1.54, 1.807) is 0 Å². The number of para-hydroxylation sites is 1. The molecule has 0 atom stereocenters. The fraction of sp³-hybridized carbons (Fsp3) is 0.533. The molecule has 1 fully saturated rings. The van der Waals surface area contributed by atoms with Crippen molar-refractivity contribution in [3.63, 3.8) is 0 Å². The van der Waals surface area contributed by atoms with Crippen LogP contribution in [0.25, 0.3) is 0 Å². The molecular formula is C15H24Cl3N3O2. The summed E-state index contributed by atoms with van der Waals surface area (Å²) in [4.78, 5) is 15.9. The molecule has 132 valence electrons. The number of carbonyl (C=O) groups excluding carboxylic acids is 1. The molecule has 1 heterocycles. The second-order valence-electron chi connectivity index (χ2n) is 5.04. The molecule has 1 aromatic rings. The minimum atomic E-state index is 0. The maximum absolute atomic E-state index is 11.7. The van der Waals surface area contributed by atoms with E-state index in [4.69, 9.17) is 22.1 Å². The van der Waals surface area contributed by atoms with Gasteiger partial charge in [-0.05, 0) is 12.1 Å². The second kappa shape index (κ2) is 11.8. The standard InChI is InChI=1S/C15H22ClN3O2.2ClH/c16-13-3-1-2-4-14(13)21-12-11-18-7-9-19(10-8-18)15(20)5-6-17;;/h1-4H,5-12,17H2;2*1H. The lowest BCUT2D eigenvalue weighted by atomic mass is 10.2. The normalized spacial score (nSPS) is 14.6. The van der Waals surface area contributed by atoms with E-state index in [-0.39, 0.29) is 30.7 Å². The van der Waals surface area contributed by atoms with Gasteiger partial charge in [-0.1, -0.05) is 23.7 Å². The summed E-state index contributed by atoms with van der Waals surface area (Å²) in [6.07, 6.45) is 0.440. The quantitative estimate of drug-likeness (QED) is 0.815. The lowest BCUT2D eigenvalue weighted by Crippen LogP contribution is -2.49. The summed E-state index contributed by atoms with van der Waals surface area (Å²) in [6, 6.07) is 7.47. The Bertz CT molecular complexity index is 469. The summed E-state index contributed by atoms with van der Waals surface area (Å²) in [6.45, 7) is 5.15. The topological polar surface area (TPSA) is 58.8 Å². The monoisotopic (exact) mass is 383 g/mol. The van der Waals surface area contributed by atoms with Crippen molar-refractivity contribution in [2.24, 2.45) is 5.73 Å². The van der Waals surface area contributed by atoms with Crippen molar-refractivity contribution in [2.75, 3.05) is 45.9 Å². The third-order valence-electron chi connectivity index (χ3n) is 3.58. The average molecular weight is 385 g/mol. The molecule has 5 nitrogen and oxygen atoms in total. The third kappa shape index (κ3) is 7.14. The zero-order valence-electron chi connectivity index (χ0n) is 12.9. The highest BCUT2D eigenvalue weighted by Gasteiger charge is 2.20. The first-order valence-corrected chi connectivity index (χ1v) is 7.66. The van der Waals surface area contributed by atoms with Gasteiger partial charge in [-0.15, -0.1) is 24.8 Å². The molecule has 0 aromatic heterocycles. The van der Waals surface area contributed by atoms with E-state index in [0.717, 1.165) is 38.5 Å². The molecule has 2 N–H and O–H groups in total. The number of rotatable bonds is 6. The number of hydrogen-bond donors (Lipinski definition) is 1. The molecule has 0 unspecified atom stereocenters. The maximum atomic E-state index is 11.7. The summed E-state index contributed by atoms with van der Waals surface area (Å²) in [5.41, 5.74) is 5.41. The van der Waals surface area contributed by atoms with Gasteiger partial charge in [0.25, 0.3) is 0 Å². The molecule has 23 heavy (non-hydrogen) atoms. The number of ether oxygens (including phenoxy) is 1. The summed E-state index contributed by atoms with van der Waals surface area (Å²) >= 11 is 6.04. The lowest BCUT2D eigenvalue weighted by molar-refractivity contribution is -0.132. The van der Waals surface area contributed by atoms with Crippen molar-refractivity contribution >= 4 is 42.3 Å². The van der Waals surface area contributed by atoms with Gasteiger partial charge in [-0.25, -0.2) is 0 Å². The van der Waals surface area contributed by atoms with Crippen molar-refractivity contribution < 1.29 is 9.53 Å². The van der Waals surface area contributed by atoms with Gasteiger partial charge in [0.15, 0.2) is 0 Å². The summed E-state index contributed by atoms with van der Waals surface area (Å²) < 4.78 is 5.68. The molecular weight excluding hydrogens is 361 g/mol. The van der Waals surface area contributed by atoms with Crippen LogP contribution in [0.5, 0.6) is 5.75 Å². The molecule has 0 radical (unpaired) electrons. The van der Waals surface area contributed by atoms with Crippen molar-refractivity contribution in [1.29, 1.82) is 0 Å². The predicted molar refractivity (Wildman–Crippen MR) is 98.1 cm³/mol. The van der Waals surface area contributed by atoms with Gasteiger partial charge in [0, 0.05) is 45.7 Å². The highest BCUT2D eigenvalue weighted by atomic mass is 35.5. The Morgan fingerprint density at radius 3 is 2.43 bits per heavy atom. The molecule has 0 saturated carbocycles. The second-order valence-corrected chi connectivity index (χ2v) is 5.45. The Kier molecular flexibility index (Phi) is 11.4. The fourth-order valence-corrected chi connectivity index (χ4v) is 2.54. The molecule has 2 rings (SSSR count). The van der Waals surface area contributed by atoms with Gasteiger partial charge in [-0.3, -0.25) is 9.69 Å². The number of benzene rings is 1. The molecule has 0 aliphatic carbocycles. The first-order valence-electron chi connectivity index (χ1n) is 7.28. The highest BCUT2D eigenvalue weighted by Crippen LogP contribution is 2.22. The zero-order valence-corrected chi connectivity index (χ0v) is 15.3. The van der Waals surface area contributed by atoms with Crippen LogP contribution in [0.2, 0.25) is 5.02 Å². The van der Waals surface area contributed by atoms with Crippen LogP contribution in [0.15, 0.2) is 24.3 Å². The number of carbonyl (C=O) groups is 1. The van der Waals surface area contributed by atoms with E-state index in [1.165, 1.54) is 0 Å². The van der Waals surface area contributed by atoms with Gasteiger partial charge < -0.3 is 15.4 Å². The van der Waals surface area contributed by atoms with E-state index in [1.807, 2.05) is 29.2 Å². The number of halogens is 3. The van der Waals surface area contributed by atoms with E-state index < -0.39 is 0 Å². The Morgan fingerprint density at radius 1 is 1.17 bits per heavy atom. The highest BCUT2D eigenvalue weighted by molar-refractivity contribution is 6.32. The fourth-order valence-electron chi connectivity index (χ4n) is 2.35. The number of nitrogens with two attached hydrogens (primary N) is 1. The van der Waals surface area contributed by atoms with Crippen LogP contribution >= 0.6 is 36.4 Å². The Morgan fingerprint density at radius 2 is 1.83 bits per heavy atom. The number of amides is 1. The predicted octanol–water partition coefficient (Wildman–Crippen LogP) is 2.06. The molecule has 1 saturated heterocycles. The van der Waals surface area contributed by atoms with Crippen molar-refractivity contribution in [3.05, 3.63) is 29.3 Å². The van der Waals surface area contributed by atoms with Crippen LogP contribution in [0.3, 0.4) is 0 Å². The number of nitrogens with zero attached hydrogens (tertiary/aromatic N) is 2. The van der Waals surface area contributed by atoms with Crippen molar-refractivity contribution in [1.82, 2.24) is 9.80 Å². The summed E-state index contributed by atoms with van der Waals surface area (Å²) in [5.74, 6) is 0.875. The van der Waals surface area contributed by atoms with Gasteiger partial charge in [0.2, 0.25) is 5.91 Å². The van der Waals surface area contributed by atoms with Gasteiger partial charge in [0.05, 0.1) is 5.02 Å². The van der Waals surface area contributed by atoms with Crippen molar-refractivity contribution in [2.45, 2.75) is 6.42 Å². The minimum absolute atomic E-state index is 0. The molecule has 1 amide bonds.